The zero-order chi connectivity index (χ0) is 13.0. The molecule has 2 rings (SSSR count). The number of piperidine rings is 1. The molecule has 5 nitrogen and oxygen atoms in total. The van der Waals surface area contributed by atoms with E-state index in [1.165, 1.54) is 0 Å². The van der Waals surface area contributed by atoms with Crippen LogP contribution < -0.4 is 10.0 Å². The molecule has 0 radical (unpaired) electrons. The fourth-order valence-corrected chi connectivity index (χ4v) is 4.33. The van der Waals surface area contributed by atoms with Crippen LogP contribution in [0.2, 0.25) is 0 Å². The molecule has 0 bridgehead atoms. The molecule has 2 aliphatic heterocycles. The van der Waals surface area contributed by atoms with Crippen molar-refractivity contribution in [2.45, 2.75) is 57.5 Å². The van der Waals surface area contributed by atoms with E-state index in [2.05, 4.69) is 17.0 Å². The molecule has 2 aliphatic rings. The maximum absolute atomic E-state index is 12.3. The fraction of sp³-hybridized carbons (Fsp3) is 1.00. The molecule has 0 aliphatic carbocycles. The highest BCUT2D eigenvalue weighted by Crippen LogP contribution is 2.15. The lowest BCUT2D eigenvalue weighted by molar-refractivity contribution is 0.346. The molecular weight excluding hydrogens is 250 g/mol. The van der Waals surface area contributed by atoms with Gasteiger partial charge < -0.3 is 5.32 Å². The van der Waals surface area contributed by atoms with Gasteiger partial charge in [0, 0.05) is 25.2 Å². The Bertz CT molecular complexity index is 350. The molecule has 0 saturated carbocycles. The molecule has 0 aromatic heterocycles. The van der Waals surface area contributed by atoms with Gasteiger partial charge in [-0.3, -0.25) is 0 Å². The summed E-state index contributed by atoms with van der Waals surface area (Å²) in [5.41, 5.74) is 0. The van der Waals surface area contributed by atoms with Crippen molar-refractivity contribution in [3.05, 3.63) is 0 Å². The quantitative estimate of drug-likeness (QED) is 0.802. The lowest BCUT2D eigenvalue weighted by atomic mass is 10.0. The van der Waals surface area contributed by atoms with Crippen molar-refractivity contribution in [2.75, 3.05) is 19.6 Å². The van der Waals surface area contributed by atoms with E-state index >= 15 is 0 Å². The molecule has 0 spiro atoms. The maximum Gasteiger partial charge on any atom is 0.279 e. The third kappa shape index (κ3) is 3.91. The van der Waals surface area contributed by atoms with E-state index in [1.54, 1.807) is 4.31 Å². The normalized spacial score (nSPS) is 32.1. The van der Waals surface area contributed by atoms with Crippen molar-refractivity contribution in [1.29, 1.82) is 0 Å². The molecule has 0 aromatic carbocycles. The summed E-state index contributed by atoms with van der Waals surface area (Å²) in [5.74, 6) is 0. The minimum atomic E-state index is -3.27. The van der Waals surface area contributed by atoms with E-state index in [-0.39, 0.29) is 6.04 Å². The molecule has 0 amide bonds. The van der Waals surface area contributed by atoms with Crippen molar-refractivity contribution in [3.8, 4) is 0 Å². The van der Waals surface area contributed by atoms with Gasteiger partial charge in [-0.05, 0) is 39.2 Å². The minimum Gasteiger partial charge on any atom is -0.314 e. The fourth-order valence-electron chi connectivity index (χ4n) is 2.81. The first-order valence-electron chi connectivity index (χ1n) is 7.09. The van der Waals surface area contributed by atoms with Gasteiger partial charge in [-0.25, -0.2) is 0 Å². The molecule has 106 valence electrons. The lowest BCUT2D eigenvalue weighted by Crippen LogP contribution is -2.51. The molecule has 2 N–H and O–H groups in total. The Morgan fingerprint density at radius 2 is 1.83 bits per heavy atom. The molecular formula is C12H25N3O2S. The maximum atomic E-state index is 12.3. The monoisotopic (exact) mass is 275 g/mol. The van der Waals surface area contributed by atoms with Gasteiger partial charge in [-0.2, -0.15) is 17.4 Å². The largest absolute Gasteiger partial charge is 0.314 e. The summed E-state index contributed by atoms with van der Waals surface area (Å²) in [7, 11) is -3.27. The second-order valence-electron chi connectivity index (χ2n) is 5.51. The Balaban J connectivity index is 1.93. The van der Waals surface area contributed by atoms with Gasteiger partial charge in [0.2, 0.25) is 0 Å². The van der Waals surface area contributed by atoms with Gasteiger partial charge in [0.1, 0.15) is 0 Å². The SMILES string of the molecule is CC1CC(NS(=O)(=O)N2CCCCCC2)CCN1. The first-order chi connectivity index (χ1) is 8.58. The van der Waals surface area contributed by atoms with Gasteiger partial charge >= 0.3 is 0 Å². The minimum absolute atomic E-state index is 0.0921. The third-order valence-corrected chi connectivity index (χ3v) is 5.52. The predicted molar refractivity (Wildman–Crippen MR) is 72.6 cm³/mol. The molecule has 0 aromatic rings. The summed E-state index contributed by atoms with van der Waals surface area (Å²) in [6.45, 7) is 4.35. The topological polar surface area (TPSA) is 61.4 Å². The van der Waals surface area contributed by atoms with Crippen molar-refractivity contribution < 1.29 is 8.42 Å². The number of hydrogen-bond donors (Lipinski definition) is 2. The Hall–Kier alpha value is -0.170. The second kappa shape index (κ2) is 6.32. The van der Waals surface area contributed by atoms with Crippen LogP contribution >= 0.6 is 0 Å². The zero-order valence-corrected chi connectivity index (χ0v) is 12.0. The summed E-state index contributed by atoms with van der Waals surface area (Å²) < 4.78 is 29.1. The van der Waals surface area contributed by atoms with Crippen LogP contribution in [0.25, 0.3) is 0 Å². The van der Waals surface area contributed by atoms with E-state index in [0.29, 0.717) is 19.1 Å². The average Bonchev–Trinajstić information content (AvgIpc) is 2.57. The lowest BCUT2D eigenvalue weighted by Gasteiger charge is -2.30. The molecule has 2 atom stereocenters. The van der Waals surface area contributed by atoms with E-state index in [0.717, 1.165) is 45.1 Å². The smallest absolute Gasteiger partial charge is 0.279 e. The summed E-state index contributed by atoms with van der Waals surface area (Å²) in [4.78, 5) is 0. The first-order valence-corrected chi connectivity index (χ1v) is 8.53. The molecule has 6 heteroatoms. The van der Waals surface area contributed by atoms with Crippen LogP contribution in [-0.2, 0) is 10.2 Å². The summed E-state index contributed by atoms with van der Waals surface area (Å²) in [6.07, 6.45) is 6.05. The van der Waals surface area contributed by atoms with Crippen LogP contribution in [0.3, 0.4) is 0 Å². The highest BCUT2D eigenvalue weighted by atomic mass is 32.2. The Kier molecular flexibility index (Phi) is 5.00. The molecule has 2 unspecified atom stereocenters. The number of nitrogens with zero attached hydrogens (tertiary/aromatic N) is 1. The van der Waals surface area contributed by atoms with Gasteiger partial charge in [0.05, 0.1) is 0 Å². The van der Waals surface area contributed by atoms with Crippen molar-refractivity contribution in [1.82, 2.24) is 14.3 Å². The van der Waals surface area contributed by atoms with Crippen LogP contribution in [0.1, 0.15) is 45.4 Å². The van der Waals surface area contributed by atoms with Gasteiger partial charge in [-0.15, -0.1) is 0 Å². The second-order valence-corrected chi connectivity index (χ2v) is 7.21. The Morgan fingerprint density at radius 1 is 1.17 bits per heavy atom. The Labute approximate surface area is 110 Å². The Morgan fingerprint density at radius 3 is 2.44 bits per heavy atom. The van der Waals surface area contributed by atoms with Crippen LogP contribution in [0.15, 0.2) is 0 Å². The van der Waals surface area contributed by atoms with Gasteiger partial charge in [0.15, 0.2) is 0 Å². The molecule has 18 heavy (non-hydrogen) atoms. The molecule has 2 fully saturated rings. The summed E-state index contributed by atoms with van der Waals surface area (Å²) in [5, 5.41) is 3.34. The van der Waals surface area contributed by atoms with E-state index in [1.807, 2.05) is 0 Å². The van der Waals surface area contributed by atoms with Gasteiger partial charge in [0.25, 0.3) is 10.2 Å². The number of hydrogen-bond acceptors (Lipinski definition) is 3. The molecule has 2 saturated heterocycles. The summed E-state index contributed by atoms with van der Waals surface area (Å²) in [6, 6.07) is 0.491. The van der Waals surface area contributed by atoms with E-state index < -0.39 is 10.2 Å². The van der Waals surface area contributed by atoms with Crippen LogP contribution in [-0.4, -0.2) is 44.4 Å². The van der Waals surface area contributed by atoms with Crippen LogP contribution in [0.5, 0.6) is 0 Å². The highest BCUT2D eigenvalue weighted by molar-refractivity contribution is 7.87. The van der Waals surface area contributed by atoms with E-state index in [9.17, 15) is 8.42 Å². The van der Waals surface area contributed by atoms with Crippen molar-refractivity contribution in [3.63, 3.8) is 0 Å². The number of rotatable bonds is 3. The standard InChI is InChI=1S/C12H25N3O2S/c1-11-10-12(6-7-13-11)14-18(16,17)15-8-4-2-3-5-9-15/h11-14H,2-10H2,1H3. The first kappa shape index (κ1) is 14.2. The predicted octanol–water partition coefficient (Wildman–Crippen LogP) is 0.837. The average molecular weight is 275 g/mol. The van der Waals surface area contributed by atoms with Crippen molar-refractivity contribution >= 4 is 10.2 Å². The summed E-state index contributed by atoms with van der Waals surface area (Å²) >= 11 is 0. The van der Waals surface area contributed by atoms with Crippen LogP contribution in [0, 0.1) is 0 Å². The van der Waals surface area contributed by atoms with E-state index in [4.69, 9.17) is 0 Å². The highest BCUT2D eigenvalue weighted by Gasteiger charge is 2.28. The number of nitrogens with one attached hydrogen (secondary N) is 2. The van der Waals surface area contributed by atoms with Crippen molar-refractivity contribution in [2.24, 2.45) is 0 Å². The third-order valence-electron chi connectivity index (χ3n) is 3.84. The molecule has 2 heterocycles. The van der Waals surface area contributed by atoms with Crippen LogP contribution in [0.4, 0.5) is 0 Å². The zero-order valence-electron chi connectivity index (χ0n) is 11.2. The van der Waals surface area contributed by atoms with Gasteiger partial charge in [-0.1, -0.05) is 12.8 Å².